The number of aromatic nitrogens is 1. The van der Waals surface area contributed by atoms with E-state index in [1.54, 1.807) is 12.2 Å². The van der Waals surface area contributed by atoms with Crippen molar-refractivity contribution in [2.45, 2.75) is 6.42 Å². The maximum Gasteiger partial charge on any atom is 0.0797 e. The zero-order valence-electron chi connectivity index (χ0n) is 31.8. The van der Waals surface area contributed by atoms with E-state index in [0.29, 0.717) is 0 Å². The van der Waals surface area contributed by atoms with Gasteiger partial charge < -0.3 is 5.41 Å². The van der Waals surface area contributed by atoms with Crippen molar-refractivity contribution in [3.05, 3.63) is 237 Å². The lowest BCUT2D eigenvalue weighted by Gasteiger charge is -2.29. The van der Waals surface area contributed by atoms with E-state index in [0.717, 1.165) is 56.7 Å². The minimum absolute atomic E-state index is 0.758. The van der Waals surface area contributed by atoms with Gasteiger partial charge in [0.15, 0.2) is 0 Å². The van der Waals surface area contributed by atoms with Gasteiger partial charge in [0.2, 0.25) is 0 Å². The molecule has 0 amide bonds. The van der Waals surface area contributed by atoms with Gasteiger partial charge in [-0.15, -0.1) is 0 Å². The van der Waals surface area contributed by atoms with Gasteiger partial charge in [0.25, 0.3) is 0 Å². The van der Waals surface area contributed by atoms with Crippen LogP contribution in [0.2, 0.25) is 0 Å². The van der Waals surface area contributed by atoms with Crippen LogP contribution in [0.3, 0.4) is 0 Å². The van der Waals surface area contributed by atoms with Gasteiger partial charge in [-0.1, -0.05) is 183 Å². The number of hydrogen-bond acceptors (Lipinski definition) is 2. The number of benzene rings is 7. The summed E-state index contributed by atoms with van der Waals surface area (Å²) in [6.45, 7) is 8.11. The highest BCUT2D eigenvalue weighted by molar-refractivity contribution is 6.16. The van der Waals surface area contributed by atoms with Gasteiger partial charge in [0.05, 0.1) is 22.4 Å². The van der Waals surface area contributed by atoms with E-state index in [4.69, 9.17) is 5.41 Å². The molecule has 7 aromatic carbocycles. The Morgan fingerprint density at radius 1 is 0.579 bits per heavy atom. The van der Waals surface area contributed by atoms with Crippen LogP contribution in [-0.4, -0.2) is 10.9 Å². The van der Waals surface area contributed by atoms with Crippen LogP contribution in [0.5, 0.6) is 0 Å². The molecule has 8 rings (SSSR count). The van der Waals surface area contributed by atoms with Crippen LogP contribution in [0, 0.1) is 5.41 Å². The highest BCUT2D eigenvalue weighted by Gasteiger charge is 2.24. The molecule has 3 nitrogen and oxygen atoms in total. The summed E-state index contributed by atoms with van der Waals surface area (Å²) in [5.41, 5.74) is 14.3. The Bertz CT molecular complexity index is 2770. The largest absolute Gasteiger partial charge is 0.309 e. The lowest BCUT2D eigenvalue weighted by molar-refractivity contribution is 0.886. The summed E-state index contributed by atoms with van der Waals surface area (Å²) < 4.78 is 2.42. The minimum atomic E-state index is 0.758. The van der Waals surface area contributed by atoms with Gasteiger partial charge >= 0.3 is 0 Å². The molecular formula is C54H43N3. The summed E-state index contributed by atoms with van der Waals surface area (Å²) in [5.74, 6) is 0. The van der Waals surface area contributed by atoms with Crippen molar-refractivity contribution in [3.8, 4) is 33.4 Å². The number of hydrogen-bond donors (Lipinski definition) is 1. The molecule has 0 aliphatic carbocycles. The first-order valence-electron chi connectivity index (χ1n) is 19.2. The highest BCUT2D eigenvalue weighted by atomic mass is 15.6. The van der Waals surface area contributed by atoms with Crippen molar-refractivity contribution in [3.63, 3.8) is 0 Å². The molecule has 1 N–H and O–H groups in total. The molecule has 0 aliphatic rings. The van der Waals surface area contributed by atoms with Crippen LogP contribution in [0.25, 0.3) is 60.8 Å². The first-order chi connectivity index (χ1) is 28.1. The van der Waals surface area contributed by atoms with Crippen LogP contribution in [0.15, 0.2) is 226 Å². The molecule has 0 saturated carbocycles. The first kappa shape index (κ1) is 36.5. The molecule has 1 heterocycles. The topological polar surface area (TPSA) is 32.0 Å². The van der Waals surface area contributed by atoms with Crippen LogP contribution in [0.1, 0.15) is 11.1 Å². The molecule has 0 spiro atoms. The second-order valence-electron chi connectivity index (χ2n) is 13.8. The van der Waals surface area contributed by atoms with E-state index < -0.39 is 0 Å². The molecule has 3 heteroatoms. The van der Waals surface area contributed by atoms with Gasteiger partial charge in [-0.05, 0) is 93.4 Å². The third-order valence-electron chi connectivity index (χ3n) is 10.3. The van der Waals surface area contributed by atoms with Gasteiger partial charge in [-0.3, -0.25) is 0 Å². The fraction of sp³-hybridized carbons (Fsp3) is 0.0185. The minimum Gasteiger partial charge on any atom is -0.309 e. The van der Waals surface area contributed by atoms with Crippen molar-refractivity contribution in [1.29, 1.82) is 5.41 Å². The maximum atomic E-state index is 7.47. The van der Waals surface area contributed by atoms with Crippen LogP contribution in [-0.2, 0) is 6.42 Å². The molecule has 0 aliphatic heterocycles. The Morgan fingerprint density at radius 2 is 1.16 bits per heavy atom. The molecule has 0 bridgehead atoms. The zero-order valence-corrected chi connectivity index (χ0v) is 31.8. The van der Waals surface area contributed by atoms with E-state index in [2.05, 4.69) is 205 Å². The zero-order chi connectivity index (χ0) is 39.0. The number of rotatable bonds is 13. The van der Waals surface area contributed by atoms with E-state index >= 15 is 0 Å². The Kier molecular flexibility index (Phi) is 10.8. The third-order valence-corrected chi connectivity index (χ3v) is 10.3. The number of fused-ring (bicyclic) bond motifs is 3. The van der Waals surface area contributed by atoms with E-state index in [1.807, 2.05) is 18.2 Å². The summed E-state index contributed by atoms with van der Waals surface area (Å²) in [6.07, 6.45) is 15.7. The molecule has 0 saturated heterocycles. The number of nitrogens with zero attached hydrogens (tertiary/aromatic N) is 2. The van der Waals surface area contributed by atoms with Crippen molar-refractivity contribution in [1.82, 2.24) is 4.68 Å². The Labute approximate surface area is 335 Å². The number of nitrogens with one attached hydrogen (secondary N) is 1. The molecule has 57 heavy (non-hydrogen) atoms. The normalized spacial score (nSPS) is 11.6. The highest BCUT2D eigenvalue weighted by Crippen LogP contribution is 2.43. The van der Waals surface area contributed by atoms with Gasteiger partial charge in [-0.25, -0.2) is 9.69 Å². The van der Waals surface area contributed by atoms with Crippen molar-refractivity contribution in [2.24, 2.45) is 0 Å². The van der Waals surface area contributed by atoms with E-state index in [-0.39, 0.29) is 0 Å². The molecule has 0 radical (unpaired) electrons. The second kappa shape index (κ2) is 16.9. The van der Waals surface area contributed by atoms with Crippen LogP contribution < -0.4 is 5.01 Å². The van der Waals surface area contributed by atoms with Gasteiger partial charge in [0.1, 0.15) is 0 Å². The molecular weight excluding hydrogens is 691 g/mol. The summed E-state index contributed by atoms with van der Waals surface area (Å²) in [6, 6.07) is 60.7. The molecule has 274 valence electrons. The smallest absolute Gasteiger partial charge is 0.0797 e. The Balaban J connectivity index is 1.44. The molecule has 1 aromatic heterocycles. The van der Waals surface area contributed by atoms with Crippen molar-refractivity contribution in [2.75, 3.05) is 5.01 Å². The van der Waals surface area contributed by atoms with Gasteiger partial charge in [-0.2, -0.15) is 0 Å². The number of allylic oxidation sites excluding steroid dienone is 8. The lowest BCUT2D eigenvalue weighted by Crippen LogP contribution is -2.24. The van der Waals surface area contributed by atoms with E-state index in [9.17, 15) is 0 Å². The van der Waals surface area contributed by atoms with Crippen LogP contribution >= 0.6 is 0 Å². The van der Waals surface area contributed by atoms with Gasteiger partial charge in [0, 0.05) is 22.6 Å². The summed E-state index contributed by atoms with van der Waals surface area (Å²) in [5, 5.41) is 12.2. The Morgan fingerprint density at radius 3 is 1.79 bits per heavy atom. The lowest BCUT2D eigenvalue weighted by atomic mass is 9.95. The first-order valence-corrected chi connectivity index (χ1v) is 19.2. The molecule has 0 unspecified atom stereocenters. The summed E-state index contributed by atoms with van der Waals surface area (Å²) in [7, 11) is 0. The summed E-state index contributed by atoms with van der Waals surface area (Å²) in [4.78, 5) is 0. The predicted octanol–water partition coefficient (Wildman–Crippen LogP) is 14.5. The SMILES string of the molecule is C=C/C=C\C=C/Cc1ccc(-c2ccccc2)c2c1c1cc(-c3ccccc3)ccc1n2N(c1ccc(C(=C)/C=C\C=N)cc1)c1ccc(-c2ccccc2)cc1. The average Bonchev–Trinajstić information content (AvgIpc) is 3.61. The summed E-state index contributed by atoms with van der Waals surface area (Å²) >= 11 is 0. The van der Waals surface area contributed by atoms with Crippen LogP contribution in [0.4, 0.5) is 11.4 Å². The standard InChI is InChI=1S/C54H43N3/c1-3-4-5-6-10-25-46-30-36-50(45-23-15-9-16-24-45)54-53(46)51-39-47(43-21-13-8-14-22-43)31-37-52(51)57(54)56(48-32-26-41(27-33-48)40(2)18-17-38-55)49-34-28-44(29-35-49)42-19-11-7-12-20-42/h3-24,26-39,55H,1-2,25H2/b5-4-,10-6-,18-17-,55-38?. The van der Waals surface area contributed by atoms with Crippen molar-refractivity contribution < 1.29 is 0 Å². The predicted molar refractivity (Wildman–Crippen MR) is 245 cm³/mol. The molecule has 8 aromatic rings. The fourth-order valence-corrected chi connectivity index (χ4v) is 7.53. The third kappa shape index (κ3) is 7.60. The fourth-order valence-electron chi connectivity index (χ4n) is 7.53. The maximum absolute atomic E-state index is 7.47. The monoisotopic (exact) mass is 733 g/mol. The molecule has 0 atom stereocenters. The molecule has 0 fully saturated rings. The average molecular weight is 734 g/mol. The second-order valence-corrected chi connectivity index (χ2v) is 13.8. The Hall–Kier alpha value is -7.49. The quantitative estimate of drug-likeness (QED) is 0.0929. The number of anilines is 2. The van der Waals surface area contributed by atoms with Crippen molar-refractivity contribution >= 4 is 45.0 Å². The van der Waals surface area contributed by atoms with E-state index in [1.165, 1.54) is 39.2 Å².